The van der Waals surface area contributed by atoms with Crippen molar-refractivity contribution in [2.75, 3.05) is 13.7 Å². The maximum absolute atomic E-state index is 11.9. The van der Waals surface area contributed by atoms with Gasteiger partial charge in [-0.25, -0.2) is 0 Å². The highest BCUT2D eigenvalue weighted by Gasteiger charge is 2.07. The number of nitrogens with zero attached hydrogens (tertiary/aromatic N) is 1. The Morgan fingerprint density at radius 2 is 2.24 bits per heavy atom. The molecule has 0 aliphatic carbocycles. The van der Waals surface area contributed by atoms with E-state index in [9.17, 15) is 9.70 Å². The lowest BCUT2D eigenvalue weighted by Gasteiger charge is -2.02. The number of fused-ring (bicyclic) bond motifs is 1. The van der Waals surface area contributed by atoms with Gasteiger partial charge in [0.15, 0.2) is 0 Å². The molecule has 0 atom stereocenters. The first-order valence-electron chi connectivity index (χ1n) is 5.14. The molecule has 5 nitrogen and oxygen atoms in total. The Balaban J connectivity index is 2.54. The third-order valence-corrected chi connectivity index (χ3v) is 2.52. The molecule has 0 saturated heterocycles. The van der Waals surface area contributed by atoms with Gasteiger partial charge >= 0.3 is 0 Å². The zero-order chi connectivity index (χ0) is 12.3. The molecule has 2 rings (SSSR count). The molecule has 0 N–H and O–H groups in total. The van der Waals surface area contributed by atoms with Gasteiger partial charge in [0, 0.05) is 0 Å². The van der Waals surface area contributed by atoms with E-state index in [-0.39, 0.29) is 17.7 Å². The van der Waals surface area contributed by atoms with E-state index in [2.05, 4.69) is 5.18 Å². The third-order valence-electron chi connectivity index (χ3n) is 2.52. The topological polar surface area (TPSA) is 68.9 Å². The van der Waals surface area contributed by atoms with Crippen LogP contribution in [0, 0.1) is 4.91 Å². The summed E-state index contributed by atoms with van der Waals surface area (Å²) in [6, 6.07) is 5.22. The molecule has 0 aliphatic rings. The van der Waals surface area contributed by atoms with E-state index in [1.807, 2.05) is 6.07 Å². The van der Waals surface area contributed by atoms with Gasteiger partial charge in [-0.15, -0.1) is 0 Å². The highest BCUT2D eigenvalue weighted by Crippen LogP contribution is 2.16. The predicted molar refractivity (Wildman–Crippen MR) is 63.4 cm³/mol. The standard InChI is InChI=1S/C12H11NO4/c1-16-11-7-17-10-3-2-8(4-5-13-15)6-9(10)12(11)14/h2-3,6-7H,4-5H2,1H3. The average molecular weight is 233 g/mol. The van der Waals surface area contributed by atoms with Crippen LogP contribution < -0.4 is 10.2 Å². The lowest BCUT2D eigenvalue weighted by atomic mass is 10.1. The molecule has 1 heterocycles. The van der Waals surface area contributed by atoms with E-state index in [0.29, 0.717) is 17.4 Å². The summed E-state index contributed by atoms with van der Waals surface area (Å²) in [5.74, 6) is 0.170. The van der Waals surface area contributed by atoms with Crippen molar-refractivity contribution in [1.82, 2.24) is 0 Å². The molecule has 0 aliphatic heterocycles. The van der Waals surface area contributed by atoms with Crippen LogP contribution in [0.1, 0.15) is 5.56 Å². The molecule has 0 radical (unpaired) electrons. The number of benzene rings is 1. The second-order valence-electron chi connectivity index (χ2n) is 3.57. The molecular formula is C12H11NO4. The quantitative estimate of drug-likeness (QED) is 0.758. The summed E-state index contributed by atoms with van der Waals surface area (Å²) in [5, 5.41) is 3.24. The number of nitroso groups, excluding NO2 is 1. The summed E-state index contributed by atoms with van der Waals surface area (Å²) in [6.07, 6.45) is 1.80. The summed E-state index contributed by atoms with van der Waals surface area (Å²) < 4.78 is 10.2. The number of ether oxygens (including phenoxy) is 1. The minimum absolute atomic E-state index is 0.170. The fraction of sp³-hybridized carbons (Fsp3) is 0.250. The van der Waals surface area contributed by atoms with E-state index >= 15 is 0 Å². The van der Waals surface area contributed by atoms with Crippen LogP contribution in [0.5, 0.6) is 5.75 Å². The van der Waals surface area contributed by atoms with E-state index in [4.69, 9.17) is 9.15 Å². The van der Waals surface area contributed by atoms with Gasteiger partial charge < -0.3 is 9.15 Å². The number of methoxy groups -OCH3 is 1. The van der Waals surface area contributed by atoms with Gasteiger partial charge in [-0.2, -0.15) is 4.91 Å². The molecule has 2 aromatic rings. The van der Waals surface area contributed by atoms with Crippen molar-refractivity contribution in [2.24, 2.45) is 5.18 Å². The van der Waals surface area contributed by atoms with E-state index in [1.165, 1.54) is 13.4 Å². The first kappa shape index (κ1) is 11.3. The molecular weight excluding hydrogens is 222 g/mol. The number of hydrogen-bond donors (Lipinski definition) is 0. The van der Waals surface area contributed by atoms with Crippen LogP contribution in [0.3, 0.4) is 0 Å². The minimum atomic E-state index is -0.213. The van der Waals surface area contributed by atoms with Gasteiger partial charge in [-0.3, -0.25) is 4.79 Å². The van der Waals surface area contributed by atoms with Crippen molar-refractivity contribution in [2.45, 2.75) is 6.42 Å². The summed E-state index contributed by atoms with van der Waals surface area (Å²) in [6.45, 7) is 0.195. The van der Waals surface area contributed by atoms with E-state index in [1.54, 1.807) is 12.1 Å². The number of rotatable bonds is 4. The Hall–Kier alpha value is -2.17. The summed E-state index contributed by atoms with van der Waals surface area (Å²) >= 11 is 0. The maximum atomic E-state index is 11.9. The molecule has 0 saturated carbocycles. The maximum Gasteiger partial charge on any atom is 0.234 e. The average Bonchev–Trinajstić information content (AvgIpc) is 2.37. The van der Waals surface area contributed by atoms with Crippen molar-refractivity contribution >= 4 is 11.0 Å². The second-order valence-corrected chi connectivity index (χ2v) is 3.57. The molecule has 1 aromatic carbocycles. The van der Waals surface area contributed by atoms with Crippen molar-refractivity contribution < 1.29 is 9.15 Å². The Morgan fingerprint density at radius 1 is 1.41 bits per heavy atom. The highest BCUT2D eigenvalue weighted by atomic mass is 16.5. The molecule has 5 heteroatoms. The SMILES string of the molecule is COc1coc2ccc(CCN=O)cc2c1=O. The van der Waals surface area contributed by atoms with Gasteiger partial charge in [0.1, 0.15) is 11.8 Å². The van der Waals surface area contributed by atoms with Gasteiger partial charge in [0.25, 0.3) is 0 Å². The normalized spacial score (nSPS) is 10.4. The largest absolute Gasteiger partial charge is 0.490 e. The Bertz CT molecular complexity index is 603. The van der Waals surface area contributed by atoms with Gasteiger partial charge in [0.05, 0.1) is 19.0 Å². The highest BCUT2D eigenvalue weighted by molar-refractivity contribution is 5.78. The zero-order valence-electron chi connectivity index (χ0n) is 9.30. The van der Waals surface area contributed by atoms with Gasteiger partial charge in [-0.1, -0.05) is 11.2 Å². The van der Waals surface area contributed by atoms with Gasteiger partial charge in [-0.05, 0) is 24.1 Å². The predicted octanol–water partition coefficient (Wildman–Crippen LogP) is 2.11. The van der Waals surface area contributed by atoms with E-state index in [0.717, 1.165) is 5.56 Å². The second kappa shape index (κ2) is 4.78. The fourth-order valence-electron chi connectivity index (χ4n) is 1.63. The van der Waals surface area contributed by atoms with Crippen LogP contribution in [0.4, 0.5) is 0 Å². The summed E-state index contributed by atoms with van der Waals surface area (Å²) in [5.41, 5.74) is 1.16. The summed E-state index contributed by atoms with van der Waals surface area (Å²) in [4.78, 5) is 22.0. The molecule has 17 heavy (non-hydrogen) atoms. The lowest BCUT2D eigenvalue weighted by molar-refractivity contribution is 0.394. The van der Waals surface area contributed by atoms with Crippen molar-refractivity contribution in [3.63, 3.8) is 0 Å². The van der Waals surface area contributed by atoms with Crippen LogP contribution in [-0.2, 0) is 6.42 Å². The molecule has 0 fully saturated rings. The first-order valence-corrected chi connectivity index (χ1v) is 5.14. The molecule has 0 amide bonds. The van der Waals surface area contributed by atoms with Crippen molar-refractivity contribution in [1.29, 1.82) is 0 Å². The Morgan fingerprint density at radius 3 is 2.94 bits per heavy atom. The van der Waals surface area contributed by atoms with Crippen molar-refractivity contribution in [3.05, 3.63) is 45.2 Å². The third kappa shape index (κ3) is 2.18. The van der Waals surface area contributed by atoms with Crippen LogP contribution >= 0.6 is 0 Å². The molecule has 0 unspecified atom stereocenters. The molecule has 0 bridgehead atoms. The Labute approximate surface area is 97.0 Å². The molecule has 88 valence electrons. The van der Waals surface area contributed by atoms with E-state index < -0.39 is 0 Å². The van der Waals surface area contributed by atoms with Crippen LogP contribution in [0.15, 0.2) is 38.9 Å². The molecule has 0 spiro atoms. The van der Waals surface area contributed by atoms with Crippen LogP contribution in [0.2, 0.25) is 0 Å². The van der Waals surface area contributed by atoms with Crippen LogP contribution in [0.25, 0.3) is 11.0 Å². The van der Waals surface area contributed by atoms with Crippen LogP contribution in [-0.4, -0.2) is 13.7 Å². The molecule has 1 aromatic heterocycles. The summed E-state index contributed by atoms with van der Waals surface area (Å²) in [7, 11) is 1.41. The van der Waals surface area contributed by atoms with Crippen molar-refractivity contribution in [3.8, 4) is 5.75 Å². The zero-order valence-corrected chi connectivity index (χ0v) is 9.30. The fourth-order valence-corrected chi connectivity index (χ4v) is 1.63. The first-order chi connectivity index (χ1) is 8.26. The minimum Gasteiger partial charge on any atom is -0.490 e. The Kier molecular flexibility index (Phi) is 3.18. The smallest absolute Gasteiger partial charge is 0.234 e. The lowest BCUT2D eigenvalue weighted by Crippen LogP contribution is -2.05. The number of hydrogen-bond acceptors (Lipinski definition) is 5. The van der Waals surface area contributed by atoms with Gasteiger partial charge in [0.2, 0.25) is 11.2 Å². The monoisotopic (exact) mass is 233 g/mol.